The molecule has 0 fully saturated rings. The number of nitrogens with zero attached hydrogens (tertiary/aromatic N) is 4. The van der Waals surface area contributed by atoms with Gasteiger partial charge < -0.3 is 13.9 Å². The van der Waals surface area contributed by atoms with E-state index in [1.54, 1.807) is 12.1 Å². The lowest BCUT2D eigenvalue weighted by Crippen LogP contribution is -2.45. The van der Waals surface area contributed by atoms with Crippen molar-refractivity contribution in [1.82, 2.24) is 0 Å². The number of allylic oxidation sites excluding steroid dienone is 4. The molecule has 46 heavy (non-hydrogen) atoms. The molecule has 3 aliphatic rings. The number of anilines is 1. The average molecular weight is 632 g/mol. The predicted molar refractivity (Wildman–Crippen MR) is 191 cm³/mol. The standard InChI is InChI=1S/C34H41F2N3.C6H16N/c1-22-23(10-16-31-33(2,3)27-18-25(35)12-14-29(27)37(31)6)20-39(8,9)21-24(22)11-17-32-34(4,5)28-19-26(36)13-15-30(28)38(32)7;1-5-6-7(2,3)4/h10-19H,20-21H2,1-9H3;5-6H2,1-4H3/q+2;+1. The Bertz CT molecular complexity index is 1660. The zero-order chi connectivity index (χ0) is 34.4. The van der Waals surface area contributed by atoms with Crippen LogP contribution in [0.15, 0.2) is 83.1 Å². The normalized spacial score (nSPS) is 21.7. The van der Waals surface area contributed by atoms with Gasteiger partial charge in [0.2, 0.25) is 5.69 Å². The Morgan fingerprint density at radius 2 is 1.50 bits per heavy atom. The monoisotopic (exact) mass is 631 g/mol. The molecule has 0 aliphatic carbocycles. The van der Waals surface area contributed by atoms with Gasteiger partial charge in [-0.05, 0) is 80.8 Å². The maximum Gasteiger partial charge on any atom is 0.209 e. The number of hydrogen-bond donors (Lipinski definition) is 0. The van der Waals surface area contributed by atoms with Crippen LogP contribution >= 0.6 is 0 Å². The molecule has 0 radical (unpaired) electrons. The number of fused-ring (bicyclic) bond motifs is 2. The van der Waals surface area contributed by atoms with E-state index in [9.17, 15) is 8.78 Å². The molecule has 0 aromatic heterocycles. The molecule has 0 atom stereocenters. The highest BCUT2D eigenvalue weighted by atomic mass is 19.1. The molecule has 3 aliphatic heterocycles. The second-order valence-electron chi connectivity index (χ2n) is 16.1. The first kappa shape index (κ1) is 35.5. The van der Waals surface area contributed by atoms with Crippen LogP contribution in [0.25, 0.3) is 0 Å². The molecule has 3 heterocycles. The highest BCUT2D eigenvalue weighted by molar-refractivity contribution is 6.03. The SMILES string of the molecule is CC1=C(/C=C/C2=[N+](C)c3ccc(F)cc3C2(C)C)C[N+](C)(C)C/C1=C\C=C1\N(C)c2ccc(F)cc2C1(C)C.CCC[N+](C)(C)C. The Morgan fingerprint density at radius 1 is 0.891 bits per heavy atom. The molecule has 0 N–H and O–H groups in total. The van der Waals surface area contributed by atoms with Crippen LogP contribution < -0.4 is 4.90 Å². The van der Waals surface area contributed by atoms with Crippen molar-refractivity contribution >= 4 is 17.1 Å². The van der Waals surface area contributed by atoms with Crippen LogP contribution in [0.2, 0.25) is 0 Å². The van der Waals surface area contributed by atoms with Crippen LogP contribution in [0, 0.1) is 11.6 Å². The van der Waals surface area contributed by atoms with E-state index in [-0.39, 0.29) is 22.5 Å². The van der Waals surface area contributed by atoms with E-state index in [0.29, 0.717) is 0 Å². The maximum absolute atomic E-state index is 14.1. The van der Waals surface area contributed by atoms with Gasteiger partial charge in [0, 0.05) is 52.7 Å². The predicted octanol–water partition coefficient (Wildman–Crippen LogP) is 8.27. The third kappa shape index (κ3) is 7.13. The van der Waals surface area contributed by atoms with Gasteiger partial charge in [-0.3, -0.25) is 0 Å². The van der Waals surface area contributed by atoms with E-state index in [1.165, 1.54) is 41.8 Å². The Labute approximate surface area is 277 Å². The summed E-state index contributed by atoms with van der Waals surface area (Å²) in [4.78, 5) is 2.18. The number of likely N-dealkylation sites (N-methyl/N-ethyl adjacent to an activating group) is 2. The Kier molecular flexibility index (Phi) is 9.79. The number of quaternary nitrogens is 2. The average Bonchev–Trinajstić information content (AvgIpc) is 3.24. The molecule has 2 aromatic carbocycles. The van der Waals surface area contributed by atoms with Gasteiger partial charge in [-0.1, -0.05) is 26.8 Å². The number of hydrogen-bond acceptors (Lipinski definition) is 1. The molecule has 0 spiro atoms. The van der Waals surface area contributed by atoms with Gasteiger partial charge in [-0.2, -0.15) is 4.58 Å². The summed E-state index contributed by atoms with van der Waals surface area (Å²) in [7, 11) is 15.3. The fraction of sp³-hybridized carbons (Fsp3) is 0.475. The Hall–Kier alpha value is -3.35. The molecule has 4 nitrogen and oxygen atoms in total. The molecule has 5 rings (SSSR count). The van der Waals surface area contributed by atoms with Crippen LogP contribution in [-0.4, -0.2) is 88.2 Å². The first-order chi connectivity index (χ1) is 21.2. The number of rotatable bonds is 5. The highest BCUT2D eigenvalue weighted by Crippen LogP contribution is 2.47. The van der Waals surface area contributed by atoms with Gasteiger partial charge in [0.25, 0.3) is 0 Å². The third-order valence-corrected chi connectivity index (χ3v) is 9.93. The fourth-order valence-electron chi connectivity index (χ4n) is 7.42. The van der Waals surface area contributed by atoms with Crippen molar-refractivity contribution in [2.24, 2.45) is 0 Å². The van der Waals surface area contributed by atoms with Gasteiger partial charge >= 0.3 is 0 Å². The van der Waals surface area contributed by atoms with Crippen molar-refractivity contribution in [3.05, 3.63) is 106 Å². The van der Waals surface area contributed by atoms with Crippen molar-refractivity contribution in [3.8, 4) is 0 Å². The van der Waals surface area contributed by atoms with Crippen LogP contribution in [0.1, 0.15) is 59.1 Å². The van der Waals surface area contributed by atoms with Crippen LogP contribution in [-0.2, 0) is 10.8 Å². The molecule has 248 valence electrons. The minimum atomic E-state index is -0.285. The summed E-state index contributed by atoms with van der Waals surface area (Å²) in [5, 5.41) is 0. The first-order valence-corrected chi connectivity index (χ1v) is 16.6. The topological polar surface area (TPSA) is 6.25 Å². The van der Waals surface area contributed by atoms with Crippen LogP contribution in [0.4, 0.5) is 20.2 Å². The van der Waals surface area contributed by atoms with Gasteiger partial charge in [0.05, 0.1) is 47.2 Å². The second kappa shape index (κ2) is 12.7. The summed E-state index contributed by atoms with van der Waals surface area (Å²) in [6.45, 7) is 16.2. The quantitative estimate of drug-likeness (QED) is 0.238. The van der Waals surface area contributed by atoms with E-state index in [1.807, 2.05) is 12.1 Å². The third-order valence-electron chi connectivity index (χ3n) is 9.93. The summed E-state index contributed by atoms with van der Waals surface area (Å²) in [6.07, 6.45) is 10.2. The molecule has 6 heteroatoms. The molecule has 0 amide bonds. The van der Waals surface area contributed by atoms with Crippen LogP contribution in [0.5, 0.6) is 0 Å². The van der Waals surface area contributed by atoms with E-state index in [0.717, 1.165) is 56.0 Å². The molecular formula is C40H57F2N4+3. The maximum atomic E-state index is 14.1. The lowest BCUT2D eigenvalue weighted by Gasteiger charge is -2.36. The summed E-state index contributed by atoms with van der Waals surface area (Å²) >= 11 is 0. The summed E-state index contributed by atoms with van der Waals surface area (Å²) < 4.78 is 32.3. The number of halogens is 2. The molecule has 0 saturated carbocycles. The van der Waals surface area contributed by atoms with Gasteiger partial charge in [-0.15, -0.1) is 0 Å². The summed E-state index contributed by atoms with van der Waals surface area (Å²) in [6, 6.07) is 10.2. The van der Waals surface area contributed by atoms with Gasteiger partial charge in [0.1, 0.15) is 31.8 Å². The highest BCUT2D eigenvalue weighted by Gasteiger charge is 2.43. The van der Waals surface area contributed by atoms with Crippen LogP contribution in [0.3, 0.4) is 0 Å². The minimum Gasteiger partial charge on any atom is -0.347 e. The van der Waals surface area contributed by atoms with Crippen molar-refractivity contribution in [2.45, 2.75) is 58.8 Å². The Balaban J connectivity index is 0.000000617. The smallest absolute Gasteiger partial charge is 0.209 e. The van der Waals surface area contributed by atoms with E-state index >= 15 is 0 Å². The zero-order valence-electron chi connectivity index (χ0n) is 30.6. The van der Waals surface area contributed by atoms with Crippen molar-refractivity contribution in [1.29, 1.82) is 0 Å². The molecule has 0 bridgehead atoms. The first-order valence-electron chi connectivity index (χ1n) is 16.6. The van der Waals surface area contributed by atoms with E-state index in [4.69, 9.17) is 0 Å². The van der Waals surface area contributed by atoms with Crippen molar-refractivity contribution in [2.75, 3.05) is 73.9 Å². The minimum absolute atomic E-state index is 0.196. The molecule has 0 saturated heterocycles. The largest absolute Gasteiger partial charge is 0.347 e. The number of benzene rings is 2. The molecule has 0 unspecified atom stereocenters. The lowest BCUT2D eigenvalue weighted by atomic mass is 9.81. The van der Waals surface area contributed by atoms with Gasteiger partial charge in [0.15, 0.2) is 5.71 Å². The summed E-state index contributed by atoms with van der Waals surface area (Å²) in [5.41, 5.74) is 9.81. The van der Waals surface area contributed by atoms with Crippen molar-refractivity contribution < 1.29 is 22.3 Å². The van der Waals surface area contributed by atoms with Crippen molar-refractivity contribution in [3.63, 3.8) is 0 Å². The Morgan fingerprint density at radius 3 is 2.09 bits per heavy atom. The molecular weight excluding hydrogens is 574 g/mol. The fourth-order valence-corrected chi connectivity index (χ4v) is 7.42. The van der Waals surface area contributed by atoms with E-state index < -0.39 is 0 Å². The molecule has 2 aromatic rings. The summed E-state index contributed by atoms with van der Waals surface area (Å²) in [5.74, 6) is -0.392. The lowest BCUT2D eigenvalue weighted by molar-refractivity contribution is -0.881. The van der Waals surface area contributed by atoms with Gasteiger partial charge in [-0.25, -0.2) is 8.78 Å². The van der Waals surface area contributed by atoms with E-state index in [2.05, 4.69) is 125 Å². The zero-order valence-corrected chi connectivity index (χ0v) is 30.6. The second-order valence-corrected chi connectivity index (χ2v) is 16.1.